The lowest BCUT2D eigenvalue weighted by Crippen LogP contribution is -2.13. The van der Waals surface area contributed by atoms with E-state index in [-0.39, 0.29) is 5.41 Å². The summed E-state index contributed by atoms with van der Waals surface area (Å²) < 4.78 is 7.56. The predicted octanol–water partition coefficient (Wildman–Crippen LogP) is 3.04. The first kappa shape index (κ1) is 14.6. The molecule has 114 valence electrons. The number of hydrogen-bond acceptors (Lipinski definition) is 6. The highest BCUT2D eigenvalue weighted by Crippen LogP contribution is 2.37. The molecule has 2 heterocycles. The summed E-state index contributed by atoms with van der Waals surface area (Å²) in [5.41, 5.74) is -0.0737. The van der Waals surface area contributed by atoms with Crippen LogP contribution in [-0.2, 0) is 16.9 Å². The average Bonchev–Trinajstić information content (AvgIpc) is 2.98. The lowest BCUT2D eigenvalue weighted by atomic mass is 9.96. The lowest BCUT2D eigenvalue weighted by molar-refractivity contribution is 0.373. The van der Waals surface area contributed by atoms with Gasteiger partial charge in [0.1, 0.15) is 11.6 Å². The van der Waals surface area contributed by atoms with Crippen molar-refractivity contribution in [2.24, 2.45) is 0 Å². The third-order valence-corrected chi connectivity index (χ3v) is 4.36. The van der Waals surface area contributed by atoms with Crippen molar-refractivity contribution < 1.29 is 4.52 Å². The van der Waals surface area contributed by atoms with Gasteiger partial charge < -0.3 is 9.09 Å². The summed E-state index contributed by atoms with van der Waals surface area (Å²) in [4.78, 5) is 4.45. The molecule has 2 aromatic rings. The van der Waals surface area contributed by atoms with Crippen LogP contribution in [0.3, 0.4) is 0 Å². The molecular formula is C14H21N5OS. The van der Waals surface area contributed by atoms with Crippen LogP contribution in [0.5, 0.6) is 0 Å². The van der Waals surface area contributed by atoms with Crippen LogP contribution in [0.2, 0.25) is 0 Å². The molecule has 3 rings (SSSR count). The molecule has 0 N–H and O–H groups in total. The monoisotopic (exact) mass is 307 g/mol. The van der Waals surface area contributed by atoms with E-state index in [4.69, 9.17) is 4.52 Å². The van der Waals surface area contributed by atoms with Gasteiger partial charge in [-0.2, -0.15) is 4.98 Å². The highest BCUT2D eigenvalue weighted by atomic mass is 32.2. The summed E-state index contributed by atoms with van der Waals surface area (Å²) in [5, 5.41) is 12.5. The zero-order valence-electron chi connectivity index (χ0n) is 13.0. The number of aryl methyl sites for hydroxylation is 1. The maximum Gasteiger partial charge on any atom is 0.236 e. The number of hydrogen-bond donors (Lipinski definition) is 0. The second-order valence-electron chi connectivity index (χ2n) is 6.52. The fourth-order valence-electron chi connectivity index (χ4n) is 2.17. The Morgan fingerprint density at radius 3 is 2.62 bits per heavy atom. The van der Waals surface area contributed by atoms with Gasteiger partial charge >= 0.3 is 0 Å². The van der Waals surface area contributed by atoms with Crippen molar-refractivity contribution in [2.75, 3.05) is 0 Å². The van der Waals surface area contributed by atoms with Crippen LogP contribution in [0.25, 0.3) is 0 Å². The quantitative estimate of drug-likeness (QED) is 0.845. The molecule has 1 fully saturated rings. The Morgan fingerprint density at radius 1 is 1.24 bits per heavy atom. The maximum absolute atomic E-state index is 5.30. The molecule has 0 aromatic carbocycles. The molecule has 0 amide bonds. The molecule has 0 saturated heterocycles. The molecule has 2 aromatic heterocycles. The van der Waals surface area contributed by atoms with Crippen LogP contribution >= 0.6 is 11.8 Å². The first-order chi connectivity index (χ1) is 9.95. The molecule has 1 aliphatic rings. The fourth-order valence-corrected chi connectivity index (χ4v) is 2.94. The van der Waals surface area contributed by atoms with E-state index in [0.29, 0.717) is 17.7 Å². The molecule has 0 unspecified atom stereocenters. The minimum atomic E-state index is -0.0737. The molecule has 1 aliphatic carbocycles. The SMILES string of the molecule is Cc1nnc(CSCc2nc(C(C)(C)C)no2)n1C1CC1. The van der Waals surface area contributed by atoms with Gasteiger partial charge in [0.2, 0.25) is 5.89 Å². The van der Waals surface area contributed by atoms with Crippen molar-refractivity contribution >= 4 is 11.8 Å². The predicted molar refractivity (Wildman–Crippen MR) is 81.0 cm³/mol. The van der Waals surface area contributed by atoms with Crippen molar-refractivity contribution in [3.8, 4) is 0 Å². The lowest BCUT2D eigenvalue weighted by Gasteiger charge is -2.10. The molecule has 0 radical (unpaired) electrons. The number of thioether (sulfide) groups is 1. The van der Waals surface area contributed by atoms with Crippen molar-refractivity contribution in [2.45, 2.75) is 63.5 Å². The minimum absolute atomic E-state index is 0.0737. The third-order valence-electron chi connectivity index (χ3n) is 3.44. The second-order valence-corrected chi connectivity index (χ2v) is 7.50. The Bertz CT molecular complexity index is 624. The zero-order valence-corrected chi connectivity index (χ0v) is 13.8. The molecule has 0 aliphatic heterocycles. The molecule has 0 spiro atoms. The van der Waals surface area contributed by atoms with Crippen LogP contribution in [0, 0.1) is 6.92 Å². The fraction of sp³-hybridized carbons (Fsp3) is 0.714. The van der Waals surface area contributed by atoms with Crippen molar-refractivity contribution in [3.05, 3.63) is 23.4 Å². The van der Waals surface area contributed by atoms with E-state index in [0.717, 1.165) is 23.2 Å². The van der Waals surface area contributed by atoms with Crippen LogP contribution in [0.15, 0.2) is 4.52 Å². The van der Waals surface area contributed by atoms with Crippen LogP contribution < -0.4 is 0 Å². The van der Waals surface area contributed by atoms with Crippen molar-refractivity contribution in [1.82, 2.24) is 24.9 Å². The van der Waals surface area contributed by atoms with Crippen LogP contribution in [0.1, 0.15) is 63.0 Å². The Balaban J connectivity index is 1.58. The van der Waals surface area contributed by atoms with E-state index < -0.39 is 0 Å². The normalized spacial score (nSPS) is 15.6. The van der Waals surface area contributed by atoms with E-state index >= 15 is 0 Å². The number of nitrogens with zero attached hydrogens (tertiary/aromatic N) is 5. The minimum Gasteiger partial charge on any atom is -0.338 e. The van der Waals surface area contributed by atoms with Gasteiger partial charge in [0.05, 0.1) is 11.5 Å². The molecular weight excluding hydrogens is 286 g/mol. The van der Waals surface area contributed by atoms with Gasteiger partial charge in [0, 0.05) is 11.5 Å². The van der Waals surface area contributed by atoms with Gasteiger partial charge in [0.25, 0.3) is 0 Å². The third kappa shape index (κ3) is 3.28. The summed E-state index contributed by atoms with van der Waals surface area (Å²) in [6, 6.07) is 0.617. The molecule has 6 nitrogen and oxygen atoms in total. The largest absolute Gasteiger partial charge is 0.338 e. The number of aromatic nitrogens is 5. The Kier molecular flexibility index (Phi) is 3.77. The Morgan fingerprint density at radius 2 is 2.00 bits per heavy atom. The molecule has 1 saturated carbocycles. The molecule has 7 heteroatoms. The van der Waals surface area contributed by atoms with E-state index in [2.05, 4.69) is 45.7 Å². The zero-order chi connectivity index (χ0) is 15.0. The van der Waals surface area contributed by atoms with Gasteiger partial charge in [0.15, 0.2) is 5.82 Å². The van der Waals surface area contributed by atoms with Gasteiger partial charge in [-0.3, -0.25) is 0 Å². The van der Waals surface area contributed by atoms with Crippen molar-refractivity contribution in [1.29, 1.82) is 0 Å². The Hall–Kier alpha value is -1.37. The molecule has 0 atom stereocenters. The van der Waals surface area contributed by atoms with E-state index in [1.165, 1.54) is 12.8 Å². The summed E-state index contributed by atoms with van der Waals surface area (Å²) in [5.74, 6) is 5.04. The van der Waals surface area contributed by atoms with Gasteiger partial charge in [-0.15, -0.1) is 22.0 Å². The van der Waals surface area contributed by atoms with Crippen LogP contribution in [0.4, 0.5) is 0 Å². The van der Waals surface area contributed by atoms with Crippen LogP contribution in [-0.4, -0.2) is 24.9 Å². The standard InChI is InChI=1S/C14H21N5OS/c1-9-16-17-11(19(9)10-5-6-10)7-21-8-12-15-13(18-20-12)14(2,3)4/h10H,5-8H2,1-4H3. The van der Waals surface area contributed by atoms with Gasteiger partial charge in [-0.25, -0.2) is 0 Å². The first-order valence-electron chi connectivity index (χ1n) is 7.26. The number of rotatable bonds is 5. The summed E-state index contributed by atoms with van der Waals surface area (Å²) in [6.45, 7) is 8.26. The second kappa shape index (κ2) is 5.44. The van der Waals surface area contributed by atoms with Gasteiger partial charge in [-0.05, 0) is 19.8 Å². The summed E-state index contributed by atoms with van der Waals surface area (Å²) in [7, 11) is 0. The topological polar surface area (TPSA) is 69.6 Å². The smallest absolute Gasteiger partial charge is 0.236 e. The van der Waals surface area contributed by atoms with Gasteiger partial charge in [-0.1, -0.05) is 25.9 Å². The highest BCUT2D eigenvalue weighted by molar-refractivity contribution is 7.97. The van der Waals surface area contributed by atoms with E-state index in [9.17, 15) is 0 Å². The Labute approximate surface area is 128 Å². The molecule has 21 heavy (non-hydrogen) atoms. The first-order valence-corrected chi connectivity index (χ1v) is 8.42. The molecule has 0 bridgehead atoms. The average molecular weight is 307 g/mol. The van der Waals surface area contributed by atoms with E-state index in [1.807, 2.05) is 6.92 Å². The maximum atomic E-state index is 5.30. The van der Waals surface area contributed by atoms with Crippen molar-refractivity contribution in [3.63, 3.8) is 0 Å². The summed E-state index contributed by atoms with van der Waals surface area (Å²) in [6.07, 6.45) is 2.49. The summed E-state index contributed by atoms with van der Waals surface area (Å²) >= 11 is 1.74. The van der Waals surface area contributed by atoms with E-state index in [1.54, 1.807) is 11.8 Å². The highest BCUT2D eigenvalue weighted by Gasteiger charge is 2.28.